The largest absolute Gasteiger partial charge is 0.350 e. The summed E-state index contributed by atoms with van der Waals surface area (Å²) in [6.07, 6.45) is 2.37. The first-order valence-electron chi connectivity index (χ1n) is 7.90. The number of rotatable bonds is 5. The van der Waals surface area contributed by atoms with Crippen LogP contribution in [0.3, 0.4) is 0 Å². The molecule has 1 fully saturated rings. The maximum absolute atomic E-state index is 12.6. The molecule has 1 saturated carbocycles. The molecule has 0 bridgehead atoms. The summed E-state index contributed by atoms with van der Waals surface area (Å²) in [6.45, 7) is 2.74. The van der Waals surface area contributed by atoms with Gasteiger partial charge in [-0.2, -0.15) is 0 Å². The second kappa shape index (κ2) is 6.05. The van der Waals surface area contributed by atoms with Crippen molar-refractivity contribution >= 4 is 16.8 Å². The van der Waals surface area contributed by atoms with E-state index in [4.69, 9.17) is 4.98 Å². The molecule has 1 amide bonds. The van der Waals surface area contributed by atoms with Gasteiger partial charge in [0, 0.05) is 29.6 Å². The van der Waals surface area contributed by atoms with Gasteiger partial charge in [0.1, 0.15) is 0 Å². The van der Waals surface area contributed by atoms with E-state index in [0.717, 1.165) is 22.2 Å². The summed E-state index contributed by atoms with van der Waals surface area (Å²) in [7, 11) is 4.04. The molecular weight excluding hydrogens is 274 g/mol. The molecule has 1 unspecified atom stereocenters. The van der Waals surface area contributed by atoms with Gasteiger partial charge in [-0.05, 0) is 46.0 Å². The van der Waals surface area contributed by atoms with Crippen molar-refractivity contribution in [2.24, 2.45) is 0 Å². The van der Waals surface area contributed by atoms with Crippen LogP contribution in [0.4, 0.5) is 0 Å². The molecule has 2 aromatic rings. The van der Waals surface area contributed by atoms with Crippen LogP contribution in [0.5, 0.6) is 0 Å². The zero-order valence-electron chi connectivity index (χ0n) is 13.5. The van der Waals surface area contributed by atoms with Crippen LogP contribution in [0.2, 0.25) is 0 Å². The Morgan fingerprint density at radius 2 is 2.09 bits per heavy atom. The summed E-state index contributed by atoms with van der Waals surface area (Å²) < 4.78 is 0. The van der Waals surface area contributed by atoms with Gasteiger partial charge < -0.3 is 10.2 Å². The van der Waals surface area contributed by atoms with Crippen molar-refractivity contribution in [3.8, 4) is 0 Å². The Kier molecular flexibility index (Phi) is 4.12. The summed E-state index contributed by atoms with van der Waals surface area (Å²) in [6, 6.07) is 10.2. The summed E-state index contributed by atoms with van der Waals surface area (Å²) in [5, 5.41) is 3.98. The first-order valence-corrected chi connectivity index (χ1v) is 7.90. The van der Waals surface area contributed by atoms with E-state index in [2.05, 4.69) is 17.1 Å². The smallest absolute Gasteiger partial charge is 0.252 e. The van der Waals surface area contributed by atoms with E-state index in [9.17, 15) is 4.79 Å². The van der Waals surface area contributed by atoms with Crippen molar-refractivity contribution in [3.63, 3.8) is 0 Å². The van der Waals surface area contributed by atoms with E-state index in [1.807, 2.05) is 44.4 Å². The lowest BCUT2D eigenvalue weighted by Crippen LogP contribution is -2.38. The highest BCUT2D eigenvalue weighted by Gasteiger charge is 2.26. The van der Waals surface area contributed by atoms with Crippen molar-refractivity contribution in [1.82, 2.24) is 15.2 Å². The van der Waals surface area contributed by atoms with E-state index in [-0.39, 0.29) is 5.91 Å². The average molecular weight is 297 g/mol. The predicted octanol–water partition coefficient (Wildman–Crippen LogP) is 2.79. The second-order valence-electron chi connectivity index (χ2n) is 6.41. The van der Waals surface area contributed by atoms with Crippen molar-refractivity contribution in [2.75, 3.05) is 20.6 Å². The van der Waals surface area contributed by atoms with E-state index in [1.165, 1.54) is 12.8 Å². The number of nitrogens with zero attached hydrogens (tertiary/aromatic N) is 2. The van der Waals surface area contributed by atoms with Gasteiger partial charge in [0.15, 0.2) is 0 Å². The molecule has 1 N–H and O–H groups in total. The number of pyridine rings is 1. The Morgan fingerprint density at radius 1 is 1.36 bits per heavy atom. The minimum absolute atomic E-state index is 0.00537. The van der Waals surface area contributed by atoms with Crippen LogP contribution < -0.4 is 5.32 Å². The number of nitrogens with one attached hydrogen (secondary N) is 1. The van der Waals surface area contributed by atoms with Crippen LogP contribution in [0, 0.1) is 0 Å². The molecule has 22 heavy (non-hydrogen) atoms. The lowest BCUT2D eigenvalue weighted by Gasteiger charge is -2.20. The summed E-state index contributed by atoms with van der Waals surface area (Å²) >= 11 is 0. The van der Waals surface area contributed by atoms with Crippen LogP contribution in [0.1, 0.15) is 41.7 Å². The number of carbonyl (C=O) groups is 1. The van der Waals surface area contributed by atoms with Gasteiger partial charge in [-0.3, -0.25) is 9.78 Å². The number of hydrogen-bond donors (Lipinski definition) is 1. The number of aromatic nitrogens is 1. The summed E-state index contributed by atoms with van der Waals surface area (Å²) in [5.74, 6) is 0.533. The Bertz CT molecular complexity index is 692. The fourth-order valence-corrected chi connectivity index (χ4v) is 2.49. The maximum Gasteiger partial charge on any atom is 0.252 e. The molecule has 3 rings (SSSR count). The predicted molar refractivity (Wildman–Crippen MR) is 89.2 cm³/mol. The topological polar surface area (TPSA) is 45.2 Å². The number of likely N-dealkylation sites (N-methyl/N-ethyl adjacent to an activating group) is 1. The van der Waals surface area contributed by atoms with Crippen molar-refractivity contribution in [1.29, 1.82) is 0 Å². The highest BCUT2D eigenvalue weighted by Crippen LogP contribution is 2.40. The van der Waals surface area contributed by atoms with Crippen molar-refractivity contribution in [2.45, 2.75) is 31.7 Å². The number of carbonyl (C=O) groups excluding carboxylic acids is 1. The maximum atomic E-state index is 12.6. The highest BCUT2D eigenvalue weighted by molar-refractivity contribution is 6.06. The first kappa shape index (κ1) is 15.0. The van der Waals surface area contributed by atoms with Crippen LogP contribution in [0.15, 0.2) is 30.3 Å². The summed E-state index contributed by atoms with van der Waals surface area (Å²) in [5.41, 5.74) is 2.72. The zero-order chi connectivity index (χ0) is 15.7. The molecule has 1 aromatic heterocycles. The van der Waals surface area contributed by atoms with Crippen LogP contribution in [-0.2, 0) is 0 Å². The van der Waals surface area contributed by atoms with E-state index < -0.39 is 0 Å². The van der Waals surface area contributed by atoms with Gasteiger partial charge in [-0.25, -0.2) is 0 Å². The second-order valence-corrected chi connectivity index (χ2v) is 6.41. The van der Waals surface area contributed by atoms with Gasteiger partial charge in [0.2, 0.25) is 0 Å². The van der Waals surface area contributed by atoms with Crippen LogP contribution >= 0.6 is 0 Å². The normalized spacial score (nSPS) is 16.0. The minimum atomic E-state index is -0.00537. The molecular formula is C18H23N3O. The third-order valence-electron chi connectivity index (χ3n) is 4.42. The lowest BCUT2D eigenvalue weighted by molar-refractivity contribution is 0.0945. The minimum Gasteiger partial charge on any atom is -0.350 e. The van der Waals surface area contributed by atoms with Crippen molar-refractivity contribution in [3.05, 3.63) is 41.6 Å². The number of hydrogen-bond acceptors (Lipinski definition) is 3. The van der Waals surface area contributed by atoms with Crippen LogP contribution in [-0.4, -0.2) is 42.5 Å². The zero-order valence-corrected chi connectivity index (χ0v) is 13.5. The molecule has 0 saturated heterocycles. The number of fused-ring (bicyclic) bond motifs is 1. The Balaban J connectivity index is 1.89. The average Bonchev–Trinajstić information content (AvgIpc) is 3.35. The molecule has 0 spiro atoms. The molecule has 0 aliphatic heterocycles. The molecule has 4 nitrogen and oxygen atoms in total. The molecule has 116 valence electrons. The van der Waals surface area contributed by atoms with E-state index >= 15 is 0 Å². The van der Waals surface area contributed by atoms with Gasteiger partial charge in [0.25, 0.3) is 5.91 Å². The van der Waals surface area contributed by atoms with Gasteiger partial charge in [0.05, 0.1) is 11.1 Å². The monoisotopic (exact) mass is 297 g/mol. The number of para-hydroxylation sites is 1. The fraction of sp³-hybridized carbons (Fsp3) is 0.444. The SMILES string of the molecule is CC(CNC(=O)c1cc(C2CC2)nc2ccccc12)N(C)C. The molecule has 0 radical (unpaired) electrons. The first-order chi connectivity index (χ1) is 10.6. The highest BCUT2D eigenvalue weighted by atomic mass is 16.1. The van der Waals surface area contributed by atoms with Gasteiger partial charge in [-0.1, -0.05) is 18.2 Å². The quantitative estimate of drug-likeness (QED) is 0.923. The fourth-order valence-electron chi connectivity index (χ4n) is 2.49. The molecule has 1 aliphatic carbocycles. The Hall–Kier alpha value is -1.94. The van der Waals surface area contributed by atoms with E-state index in [0.29, 0.717) is 18.5 Å². The molecule has 4 heteroatoms. The summed E-state index contributed by atoms with van der Waals surface area (Å²) in [4.78, 5) is 19.4. The lowest BCUT2D eigenvalue weighted by atomic mass is 10.1. The third kappa shape index (κ3) is 3.12. The molecule has 1 heterocycles. The van der Waals surface area contributed by atoms with Crippen molar-refractivity contribution < 1.29 is 4.79 Å². The standard InChI is InChI=1S/C18H23N3O/c1-12(21(2)3)11-19-18(22)15-10-17(13-8-9-13)20-16-7-5-4-6-14(15)16/h4-7,10,12-13H,8-9,11H2,1-3H3,(H,19,22). The van der Waals surface area contributed by atoms with E-state index in [1.54, 1.807) is 0 Å². The Labute approximate surface area is 131 Å². The number of amides is 1. The Morgan fingerprint density at radius 3 is 2.77 bits per heavy atom. The third-order valence-corrected chi connectivity index (χ3v) is 4.42. The molecule has 1 atom stereocenters. The molecule has 1 aromatic carbocycles. The van der Waals surface area contributed by atoms with Gasteiger partial charge in [-0.15, -0.1) is 0 Å². The molecule has 1 aliphatic rings. The van der Waals surface area contributed by atoms with Gasteiger partial charge >= 0.3 is 0 Å². The van der Waals surface area contributed by atoms with Crippen LogP contribution in [0.25, 0.3) is 10.9 Å². The number of benzene rings is 1.